The summed E-state index contributed by atoms with van der Waals surface area (Å²) >= 11 is 0. The zero-order chi connectivity index (χ0) is 13.8. The number of aliphatic hydroxyl groups is 1. The smallest absolute Gasteiger partial charge is 0.0931 e. The Hall–Kier alpha value is -1.13. The van der Waals surface area contributed by atoms with Gasteiger partial charge in [0.2, 0.25) is 0 Å². The molecular formula is C15H25N3O. The van der Waals surface area contributed by atoms with Gasteiger partial charge in [-0.25, -0.2) is 0 Å². The molecule has 0 bridgehead atoms. The topological polar surface area (TPSA) is 39.6 Å². The molecule has 4 nitrogen and oxygen atoms in total. The van der Waals surface area contributed by atoms with Crippen molar-refractivity contribution in [1.29, 1.82) is 0 Å². The Kier molecular flexibility index (Phi) is 4.77. The first-order valence-electron chi connectivity index (χ1n) is 7.24. The van der Waals surface area contributed by atoms with Gasteiger partial charge in [0.1, 0.15) is 0 Å². The number of rotatable bonds is 4. The minimum Gasteiger partial charge on any atom is -0.387 e. The quantitative estimate of drug-likeness (QED) is 0.902. The number of piperazine rings is 1. The average Bonchev–Trinajstić information content (AvgIpc) is 2.46. The van der Waals surface area contributed by atoms with Crippen molar-refractivity contribution in [2.45, 2.75) is 39.3 Å². The van der Waals surface area contributed by atoms with Gasteiger partial charge in [0.05, 0.1) is 23.7 Å². The van der Waals surface area contributed by atoms with Crippen molar-refractivity contribution in [2.24, 2.45) is 0 Å². The van der Waals surface area contributed by atoms with Gasteiger partial charge >= 0.3 is 0 Å². The number of anilines is 1. The summed E-state index contributed by atoms with van der Waals surface area (Å²) < 4.78 is 0. The highest BCUT2D eigenvalue weighted by Gasteiger charge is 2.20. The number of aromatic nitrogens is 1. The van der Waals surface area contributed by atoms with Crippen LogP contribution < -0.4 is 4.90 Å². The van der Waals surface area contributed by atoms with Gasteiger partial charge in [0, 0.05) is 32.2 Å². The van der Waals surface area contributed by atoms with E-state index < -0.39 is 6.10 Å². The Morgan fingerprint density at radius 1 is 1.21 bits per heavy atom. The molecule has 1 N–H and O–H groups in total. The van der Waals surface area contributed by atoms with Gasteiger partial charge in [0.25, 0.3) is 0 Å². The van der Waals surface area contributed by atoms with Crippen molar-refractivity contribution in [3.05, 3.63) is 24.0 Å². The van der Waals surface area contributed by atoms with Gasteiger partial charge in [-0.05, 0) is 32.4 Å². The maximum absolute atomic E-state index is 9.47. The standard InChI is InChI=1S/C15H25N3O/c1-4-12(2)17-7-9-18(10-8-17)14-5-6-15(13(3)19)16-11-14/h5-6,11-13,19H,4,7-10H2,1-3H3/t12?,13-/m1/s1. The number of pyridine rings is 1. The monoisotopic (exact) mass is 263 g/mol. The predicted molar refractivity (Wildman–Crippen MR) is 78.4 cm³/mol. The van der Waals surface area contributed by atoms with E-state index in [0.717, 1.165) is 37.6 Å². The lowest BCUT2D eigenvalue weighted by molar-refractivity contribution is 0.192. The van der Waals surface area contributed by atoms with Crippen molar-refractivity contribution in [3.8, 4) is 0 Å². The molecule has 0 aliphatic carbocycles. The van der Waals surface area contributed by atoms with E-state index in [1.807, 2.05) is 12.3 Å². The lowest BCUT2D eigenvalue weighted by atomic mass is 10.2. The Bertz CT molecular complexity index is 383. The first-order chi connectivity index (χ1) is 9.11. The molecule has 1 fully saturated rings. The molecule has 1 unspecified atom stereocenters. The molecule has 2 rings (SSSR count). The molecule has 0 radical (unpaired) electrons. The predicted octanol–water partition coefficient (Wildman–Crippen LogP) is 2.06. The molecule has 2 heterocycles. The maximum Gasteiger partial charge on any atom is 0.0931 e. The molecule has 19 heavy (non-hydrogen) atoms. The fraction of sp³-hybridized carbons (Fsp3) is 0.667. The summed E-state index contributed by atoms with van der Waals surface area (Å²) in [6.45, 7) is 10.6. The Morgan fingerprint density at radius 3 is 2.37 bits per heavy atom. The van der Waals surface area contributed by atoms with E-state index in [1.165, 1.54) is 6.42 Å². The SMILES string of the molecule is CCC(C)N1CCN(c2ccc([C@@H](C)O)nc2)CC1. The van der Waals surface area contributed by atoms with Gasteiger partial charge in [-0.2, -0.15) is 0 Å². The van der Waals surface area contributed by atoms with Crippen LogP contribution in [0.15, 0.2) is 18.3 Å². The first-order valence-corrected chi connectivity index (χ1v) is 7.24. The van der Waals surface area contributed by atoms with Crippen LogP contribution in [0.2, 0.25) is 0 Å². The maximum atomic E-state index is 9.47. The average molecular weight is 263 g/mol. The van der Waals surface area contributed by atoms with Crippen molar-refractivity contribution < 1.29 is 5.11 Å². The number of nitrogens with zero attached hydrogens (tertiary/aromatic N) is 3. The Morgan fingerprint density at radius 2 is 1.89 bits per heavy atom. The molecular weight excluding hydrogens is 238 g/mol. The van der Waals surface area contributed by atoms with Crippen molar-refractivity contribution in [1.82, 2.24) is 9.88 Å². The number of hydrogen-bond acceptors (Lipinski definition) is 4. The number of aliphatic hydroxyl groups excluding tert-OH is 1. The van der Waals surface area contributed by atoms with E-state index in [2.05, 4.69) is 34.7 Å². The fourth-order valence-electron chi connectivity index (χ4n) is 2.51. The van der Waals surface area contributed by atoms with E-state index in [4.69, 9.17) is 0 Å². The second-order valence-corrected chi connectivity index (χ2v) is 5.40. The van der Waals surface area contributed by atoms with Crippen molar-refractivity contribution in [3.63, 3.8) is 0 Å². The van der Waals surface area contributed by atoms with Crippen molar-refractivity contribution in [2.75, 3.05) is 31.1 Å². The summed E-state index contributed by atoms with van der Waals surface area (Å²) in [6.07, 6.45) is 2.60. The van der Waals surface area contributed by atoms with E-state index >= 15 is 0 Å². The molecule has 0 saturated carbocycles. The van der Waals surface area contributed by atoms with E-state index in [9.17, 15) is 5.11 Å². The van der Waals surface area contributed by atoms with Gasteiger partial charge < -0.3 is 10.0 Å². The summed E-state index contributed by atoms with van der Waals surface area (Å²) in [4.78, 5) is 9.24. The molecule has 106 valence electrons. The molecule has 1 aliphatic rings. The van der Waals surface area contributed by atoms with Crippen LogP contribution in [0.1, 0.15) is 39.0 Å². The summed E-state index contributed by atoms with van der Waals surface area (Å²) in [7, 11) is 0. The fourth-order valence-corrected chi connectivity index (χ4v) is 2.51. The lowest BCUT2D eigenvalue weighted by Crippen LogP contribution is -2.49. The Balaban J connectivity index is 1.94. The number of hydrogen-bond donors (Lipinski definition) is 1. The summed E-state index contributed by atoms with van der Waals surface area (Å²) in [5.74, 6) is 0. The largest absolute Gasteiger partial charge is 0.387 e. The van der Waals surface area contributed by atoms with E-state index in [0.29, 0.717) is 6.04 Å². The van der Waals surface area contributed by atoms with Crippen LogP contribution in [-0.4, -0.2) is 47.2 Å². The van der Waals surface area contributed by atoms with Crippen LogP contribution in [0, 0.1) is 0 Å². The highest BCUT2D eigenvalue weighted by atomic mass is 16.3. The molecule has 2 atom stereocenters. The van der Waals surface area contributed by atoms with Gasteiger partial charge in [-0.15, -0.1) is 0 Å². The molecule has 1 aromatic rings. The van der Waals surface area contributed by atoms with Crippen LogP contribution in [0.25, 0.3) is 0 Å². The molecule has 1 aliphatic heterocycles. The van der Waals surface area contributed by atoms with E-state index in [-0.39, 0.29) is 0 Å². The van der Waals surface area contributed by atoms with Crippen LogP contribution in [-0.2, 0) is 0 Å². The third-order valence-electron chi connectivity index (χ3n) is 4.09. The third kappa shape index (κ3) is 3.45. The second kappa shape index (κ2) is 6.35. The van der Waals surface area contributed by atoms with Gasteiger partial charge in [0.15, 0.2) is 0 Å². The van der Waals surface area contributed by atoms with Crippen LogP contribution in [0.5, 0.6) is 0 Å². The summed E-state index contributed by atoms with van der Waals surface area (Å²) in [6, 6.07) is 4.66. The minimum atomic E-state index is -0.490. The minimum absolute atomic E-state index is 0.490. The van der Waals surface area contributed by atoms with E-state index in [1.54, 1.807) is 6.92 Å². The Labute approximate surface area is 116 Å². The van der Waals surface area contributed by atoms with Crippen LogP contribution in [0.4, 0.5) is 5.69 Å². The summed E-state index contributed by atoms with van der Waals surface area (Å²) in [5, 5.41) is 9.47. The second-order valence-electron chi connectivity index (χ2n) is 5.40. The highest BCUT2D eigenvalue weighted by Crippen LogP contribution is 2.19. The van der Waals surface area contributed by atoms with Gasteiger partial charge in [-0.3, -0.25) is 9.88 Å². The lowest BCUT2D eigenvalue weighted by Gasteiger charge is -2.38. The summed E-state index contributed by atoms with van der Waals surface area (Å²) in [5.41, 5.74) is 1.90. The third-order valence-corrected chi connectivity index (χ3v) is 4.09. The van der Waals surface area contributed by atoms with Crippen LogP contribution >= 0.6 is 0 Å². The van der Waals surface area contributed by atoms with Crippen LogP contribution in [0.3, 0.4) is 0 Å². The first kappa shape index (κ1) is 14.3. The molecule has 4 heteroatoms. The molecule has 0 spiro atoms. The molecule has 0 amide bonds. The van der Waals surface area contributed by atoms with Gasteiger partial charge in [-0.1, -0.05) is 6.92 Å². The molecule has 0 aromatic carbocycles. The zero-order valence-electron chi connectivity index (χ0n) is 12.2. The normalized spacial score (nSPS) is 20.3. The highest BCUT2D eigenvalue weighted by molar-refractivity contribution is 5.45. The van der Waals surface area contributed by atoms with Crippen molar-refractivity contribution >= 4 is 5.69 Å². The zero-order valence-corrected chi connectivity index (χ0v) is 12.2. The molecule has 1 saturated heterocycles. The molecule has 1 aromatic heterocycles.